The largest absolute Gasteiger partial charge is 0.492 e. The van der Waals surface area contributed by atoms with Crippen LogP contribution in [-0.2, 0) is 31.0 Å². The Morgan fingerprint density at radius 1 is 0.846 bits per heavy atom. The van der Waals surface area contributed by atoms with E-state index in [1.165, 1.54) is 24.4 Å². The number of rotatable bonds is 15. The molecular formula is C49H61N9O7. The van der Waals surface area contributed by atoms with Crippen molar-refractivity contribution in [3.05, 3.63) is 107 Å². The molecule has 5 amide bonds. The molecule has 4 aromatic rings. The molecule has 344 valence electrons. The van der Waals surface area contributed by atoms with Gasteiger partial charge in [-0.2, -0.15) is 5.26 Å². The minimum Gasteiger partial charge on any atom is -0.492 e. The molecule has 1 unspecified atom stereocenters. The number of fused-ring (bicyclic) bond motifs is 5. The molecule has 1 heterocycles. The highest BCUT2D eigenvalue weighted by Crippen LogP contribution is 2.40. The van der Waals surface area contributed by atoms with E-state index in [1.807, 2.05) is 25.1 Å². The number of ether oxygens (including phenoxy) is 2. The summed E-state index contributed by atoms with van der Waals surface area (Å²) in [5.74, 6) is -2.37. The zero-order chi connectivity index (χ0) is 47.4. The van der Waals surface area contributed by atoms with E-state index in [4.69, 9.17) is 31.9 Å². The molecule has 4 bridgehead atoms. The van der Waals surface area contributed by atoms with Gasteiger partial charge in [-0.3, -0.25) is 24.0 Å². The van der Waals surface area contributed by atoms with Crippen molar-refractivity contribution in [2.75, 3.05) is 46.4 Å². The van der Waals surface area contributed by atoms with Crippen molar-refractivity contribution in [2.24, 2.45) is 17.2 Å². The highest BCUT2D eigenvalue weighted by Gasteiger charge is 2.36. The van der Waals surface area contributed by atoms with Gasteiger partial charge in [0.2, 0.25) is 23.6 Å². The van der Waals surface area contributed by atoms with E-state index in [2.05, 4.69) is 66.3 Å². The molecule has 0 radical (unpaired) electrons. The number of amides is 5. The number of likely N-dealkylation sites (N-methyl/N-ethyl adjacent to an activating group) is 1. The van der Waals surface area contributed by atoms with Crippen LogP contribution in [0.5, 0.6) is 11.5 Å². The summed E-state index contributed by atoms with van der Waals surface area (Å²) in [5, 5.41) is 20.0. The van der Waals surface area contributed by atoms with Crippen LogP contribution in [0.1, 0.15) is 72.8 Å². The third-order valence-corrected chi connectivity index (χ3v) is 11.2. The Hall–Kier alpha value is -6.80. The van der Waals surface area contributed by atoms with E-state index < -0.39 is 53.7 Å². The molecule has 0 aliphatic carbocycles. The summed E-state index contributed by atoms with van der Waals surface area (Å²) in [4.78, 5) is 71.5. The van der Waals surface area contributed by atoms with E-state index in [-0.39, 0.29) is 57.6 Å². The van der Waals surface area contributed by atoms with E-state index >= 15 is 0 Å². The van der Waals surface area contributed by atoms with Gasteiger partial charge < -0.3 is 52.8 Å². The first-order valence-electron chi connectivity index (χ1n) is 21.7. The van der Waals surface area contributed by atoms with Gasteiger partial charge in [0.05, 0.1) is 6.07 Å². The lowest BCUT2D eigenvalue weighted by Crippen LogP contribution is -2.56. The van der Waals surface area contributed by atoms with E-state index in [9.17, 15) is 24.0 Å². The Morgan fingerprint density at radius 3 is 2.08 bits per heavy atom. The average molecular weight is 888 g/mol. The van der Waals surface area contributed by atoms with Crippen molar-refractivity contribution in [3.63, 3.8) is 0 Å². The van der Waals surface area contributed by atoms with Gasteiger partial charge in [0.1, 0.15) is 55.4 Å². The van der Waals surface area contributed by atoms with Gasteiger partial charge in [0, 0.05) is 43.2 Å². The molecular weight excluding hydrogens is 827 g/mol. The maximum Gasteiger partial charge on any atom is 0.252 e. The minimum atomic E-state index is -1.38. The maximum absolute atomic E-state index is 14.7. The molecule has 10 N–H and O–H groups in total. The molecule has 5 rings (SSSR count). The summed E-state index contributed by atoms with van der Waals surface area (Å²) in [6, 6.07) is 21.0. The van der Waals surface area contributed by atoms with Crippen molar-refractivity contribution < 1.29 is 33.4 Å². The van der Waals surface area contributed by atoms with Crippen LogP contribution in [0, 0.1) is 18.3 Å². The van der Waals surface area contributed by atoms with Crippen LogP contribution >= 0.6 is 0 Å². The number of nitrogens with zero attached hydrogens (tertiary/aromatic N) is 2. The van der Waals surface area contributed by atoms with E-state index in [1.54, 1.807) is 42.5 Å². The molecule has 4 atom stereocenters. The Kier molecular flexibility index (Phi) is 16.8. The topological polar surface area (TPSA) is 257 Å². The van der Waals surface area contributed by atoms with Crippen LogP contribution in [0.15, 0.2) is 78.9 Å². The lowest BCUT2D eigenvalue weighted by Gasteiger charge is -2.32. The van der Waals surface area contributed by atoms with Gasteiger partial charge in [0.15, 0.2) is 0 Å². The monoisotopic (exact) mass is 887 g/mol. The molecule has 0 saturated heterocycles. The van der Waals surface area contributed by atoms with Crippen molar-refractivity contribution in [2.45, 2.75) is 77.0 Å². The number of hydrogen-bond acceptors (Lipinski definition) is 11. The second-order valence-electron chi connectivity index (χ2n) is 17.0. The van der Waals surface area contributed by atoms with Gasteiger partial charge in [0.25, 0.3) is 5.91 Å². The number of carbonyl (C=O) groups excluding carboxylic acids is 5. The third-order valence-electron chi connectivity index (χ3n) is 11.2. The molecule has 0 saturated carbocycles. The van der Waals surface area contributed by atoms with Crippen molar-refractivity contribution in [3.8, 4) is 39.8 Å². The average Bonchev–Trinajstić information content (AvgIpc) is 3.28. The Morgan fingerprint density at radius 2 is 1.48 bits per heavy atom. The summed E-state index contributed by atoms with van der Waals surface area (Å²) in [7, 11) is 1.44. The predicted molar refractivity (Wildman–Crippen MR) is 249 cm³/mol. The predicted octanol–water partition coefficient (Wildman–Crippen LogP) is 3.13. The molecule has 65 heavy (non-hydrogen) atoms. The molecule has 16 heteroatoms. The van der Waals surface area contributed by atoms with Gasteiger partial charge in [-0.1, -0.05) is 69.3 Å². The zero-order valence-corrected chi connectivity index (χ0v) is 38.0. The van der Waals surface area contributed by atoms with Crippen molar-refractivity contribution in [1.82, 2.24) is 26.2 Å². The fraction of sp³-hybridized carbons (Fsp3) is 0.388. The normalized spacial score (nSPS) is 16.7. The van der Waals surface area contributed by atoms with Crippen LogP contribution in [0.3, 0.4) is 0 Å². The van der Waals surface area contributed by atoms with Crippen molar-refractivity contribution in [1.29, 1.82) is 5.26 Å². The number of carbonyl (C=O) groups is 5. The highest BCUT2D eigenvalue weighted by molar-refractivity contribution is 6.00. The Bertz CT molecular complexity index is 2410. The standard InChI is InChI=1S/C49H61N9O7/c1-29-25-33(32-8-12-35(13-9-32)49(3,4)5)10-14-36(29)45(60)56-39(17-18-50)48(63)58(6)43-34-11-16-42(65-24-21-53)38(28-34)37-26-31(7-15-41(37)64-23-20-52)27-40(46(61)54-22-19-51)57-44(59)30(2)55-47(43)62/h7-16,25-26,28,30,39-40,43H,17-18,20-24,27,50,52-53H2,1-6H3,(H,54,61)(H,55,62)(H,56,60)(H,57,59)/t30-,39?,40-,43-/m0/s1. The summed E-state index contributed by atoms with van der Waals surface area (Å²) in [6.45, 7) is 10.2. The first-order chi connectivity index (χ1) is 31.0. The number of nitrogens with one attached hydrogen (secondary N) is 4. The fourth-order valence-corrected chi connectivity index (χ4v) is 7.63. The first-order valence-corrected chi connectivity index (χ1v) is 21.7. The summed E-state index contributed by atoms with van der Waals surface area (Å²) < 4.78 is 12.2. The molecule has 1 aliphatic heterocycles. The second-order valence-corrected chi connectivity index (χ2v) is 17.0. The van der Waals surface area contributed by atoms with Gasteiger partial charge in [-0.15, -0.1) is 0 Å². The van der Waals surface area contributed by atoms with Crippen LogP contribution < -0.4 is 47.9 Å². The van der Waals surface area contributed by atoms with Gasteiger partial charge in [-0.05, 0) is 95.9 Å². The summed E-state index contributed by atoms with van der Waals surface area (Å²) in [6.07, 6.45) is 0.0517. The fourth-order valence-electron chi connectivity index (χ4n) is 7.63. The molecule has 0 fully saturated rings. The summed E-state index contributed by atoms with van der Waals surface area (Å²) in [5.41, 5.74) is 23.8. The highest BCUT2D eigenvalue weighted by atomic mass is 16.5. The number of hydrogen-bond donors (Lipinski definition) is 7. The second kappa shape index (κ2) is 22.2. The van der Waals surface area contributed by atoms with Gasteiger partial charge in [-0.25, -0.2) is 0 Å². The van der Waals surface area contributed by atoms with Crippen LogP contribution in [0.2, 0.25) is 0 Å². The zero-order valence-electron chi connectivity index (χ0n) is 38.0. The minimum absolute atomic E-state index is 0.000816. The number of aryl methyl sites for hydroxylation is 1. The van der Waals surface area contributed by atoms with Crippen LogP contribution in [0.4, 0.5) is 0 Å². The molecule has 4 aromatic carbocycles. The maximum atomic E-state index is 14.7. The Labute approximate surface area is 380 Å². The van der Waals surface area contributed by atoms with Crippen LogP contribution in [-0.4, -0.2) is 99.0 Å². The SMILES string of the molecule is Cc1cc(-c2ccc(C(C)(C)C)cc2)ccc1C(=O)NC(CCN)C(=O)N(C)[C@@H]1C(=O)N[C@@H](C)C(=O)N[C@H](C(=O)NCC#N)Cc2ccc(OCCN)c(c2)-c2cc1ccc2OCCN. The number of nitrogens with two attached hydrogens (primary N) is 3. The smallest absolute Gasteiger partial charge is 0.252 e. The lowest BCUT2D eigenvalue weighted by atomic mass is 9.86. The van der Waals surface area contributed by atoms with Gasteiger partial charge >= 0.3 is 0 Å². The van der Waals surface area contributed by atoms with E-state index in [0.29, 0.717) is 44.9 Å². The molecule has 1 aliphatic rings. The lowest BCUT2D eigenvalue weighted by molar-refractivity contribution is -0.141. The molecule has 0 aromatic heterocycles. The number of nitriles is 1. The molecule has 16 nitrogen and oxygen atoms in total. The van der Waals surface area contributed by atoms with Crippen molar-refractivity contribution >= 4 is 29.5 Å². The quantitative estimate of drug-likeness (QED) is 0.0854. The first kappa shape index (κ1) is 49.2. The van der Waals surface area contributed by atoms with Crippen LogP contribution in [0.25, 0.3) is 22.3 Å². The van der Waals surface area contributed by atoms with E-state index in [0.717, 1.165) is 11.1 Å². The number of benzene rings is 4. The molecule has 0 spiro atoms. The summed E-state index contributed by atoms with van der Waals surface area (Å²) >= 11 is 0. The Balaban J connectivity index is 1.55. The third kappa shape index (κ3) is 12.3.